The summed E-state index contributed by atoms with van der Waals surface area (Å²) in [5, 5.41) is 13.6. The molecule has 0 aliphatic heterocycles. The molecule has 0 saturated heterocycles. The van der Waals surface area contributed by atoms with Crippen LogP contribution in [0.3, 0.4) is 0 Å². The number of hydrogen-bond donors (Lipinski definition) is 1. The quantitative estimate of drug-likeness (QED) is 0.826. The first kappa shape index (κ1) is 10.8. The molecule has 0 aliphatic rings. The summed E-state index contributed by atoms with van der Waals surface area (Å²) < 4.78 is 1.68. The molecule has 5 nitrogen and oxygen atoms in total. The molecule has 0 amide bonds. The van der Waals surface area contributed by atoms with Gasteiger partial charge in [0.15, 0.2) is 5.82 Å². The van der Waals surface area contributed by atoms with E-state index in [9.17, 15) is 5.11 Å². The van der Waals surface area contributed by atoms with Crippen LogP contribution in [-0.2, 0) is 0 Å². The molecule has 5 heteroatoms. The number of aliphatic hydroxyl groups excluding tert-OH is 1. The predicted octanol–water partition coefficient (Wildman–Crippen LogP) is 1.33. The van der Waals surface area contributed by atoms with Gasteiger partial charge in [-0.05, 0) is 32.4 Å². The van der Waals surface area contributed by atoms with E-state index in [1.807, 2.05) is 26.0 Å². The summed E-state index contributed by atoms with van der Waals surface area (Å²) in [6.07, 6.45) is 1.15. The molecular weight excluding hydrogens is 204 g/mol. The lowest BCUT2D eigenvalue weighted by atomic mass is 10.2. The molecule has 1 atom stereocenters. The van der Waals surface area contributed by atoms with Crippen molar-refractivity contribution in [2.75, 3.05) is 0 Å². The van der Waals surface area contributed by atoms with Gasteiger partial charge in [0, 0.05) is 6.20 Å². The Hall–Kier alpha value is -1.75. The van der Waals surface area contributed by atoms with Crippen molar-refractivity contribution in [1.29, 1.82) is 0 Å². The van der Waals surface area contributed by atoms with Crippen molar-refractivity contribution in [1.82, 2.24) is 19.7 Å². The second-order valence-electron chi connectivity index (χ2n) is 3.74. The highest BCUT2D eigenvalue weighted by Gasteiger charge is 2.07. The summed E-state index contributed by atoms with van der Waals surface area (Å²) in [5.74, 6) is 2.23. The van der Waals surface area contributed by atoms with Gasteiger partial charge in [0.05, 0.1) is 6.10 Å². The van der Waals surface area contributed by atoms with Crippen molar-refractivity contribution in [2.45, 2.75) is 26.9 Å². The van der Waals surface area contributed by atoms with Crippen LogP contribution in [0.1, 0.15) is 30.2 Å². The SMILES string of the molecule is Cc1nc(C)n(-c2ccc(C(C)O)cn2)n1. The van der Waals surface area contributed by atoms with Gasteiger partial charge >= 0.3 is 0 Å². The van der Waals surface area contributed by atoms with Crippen LogP contribution in [0, 0.1) is 13.8 Å². The topological polar surface area (TPSA) is 63.8 Å². The van der Waals surface area contributed by atoms with Gasteiger partial charge < -0.3 is 5.11 Å². The van der Waals surface area contributed by atoms with Crippen LogP contribution in [0.15, 0.2) is 18.3 Å². The first-order chi connectivity index (χ1) is 7.58. The smallest absolute Gasteiger partial charge is 0.155 e. The van der Waals surface area contributed by atoms with Gasteiger partial charge in [0.1, 0.15) is 11.6 Å². The fraction of sp³-hybridized carbons (Fsp3) is 0.364. The van der Waals surface area contributed by atoms with E-state index in [-0.39, 0.29) is 0 Å². The summed E-state index contributed by atoms with van der Waals surface area (Å²) in [6.45, 7) is 5.43. The Morgan fingerprint density at radius 1 is 1.31 bits per heavy atom. The van der Waals surface area contributed by atoms with E-state index in [1.165, 1.54) is 0 Å². The standard InChI is InChI=1S/C11H14N4O/c1-7(16)10-4-5-11(12-6-10)15-9(3)13-8(2)14-15/h4-7,16H,1-3H3. The molecular formula is C11H14N4O. The van der Waals surface area contributed by atoms with E-state index in [0.717, 1.165) is 17.2 Å². The number of rotatable bonds is 2. The van der Waals surface area contributed by atoms with Gasteiger partial charge in [-0.25, -0.2) is 9.97 Å². The van der Waals surface area contributed by atoms with Crippen LogP contribution < -0.4 is 0 Å². The Kier molecular flexibility index (Phi) is 2.70. The minimum Gasteiger partial charge on any atom is -0.389 e. The lowest BCUT2D eigenvalue weighted by Crippen LogP contribution is -2.03. The molecule has 0 aliphatic carbocycles. The molecule has 2 aromatic heterocycles. The largest absolute Gasteiger partial charge is 0.389 e. The Morgan fingerprint density at radius 2 is 2.06 bits per heavy atom. The molecule has 1 unspecified atom stereocenters. The third kappa shape index (κ3) is 1.94. The molecule has 0 saturated carbocycles. The highest BCUT2D eigenvalue weighted by molar-refractivity contribution is 5.26. The van der Waals surface area contributed by atoms with Crippen molar-refractivity contribution >= 4 is 0 Å². The average Bonchev–Trinajstić information content (AvgIpc) is 2.58. The van der Waals surface area contributed by atoms with Crippen molar-refractivity contribution in [2.24, 2.45) is 0 Å². The first-order valence-electron chi connectivity index (χ1n) is 5.12. The summed E-state index contributed by atoms with van der Waals surface area (Å²) in [7, 11) is 0. The average molecular weight is 218 g/mol. The molecule has 0 radical (unpaired) electrons. The Bertz CT molecular complexity index is 487. The molecule has 2 aromatic rings. The van der Waals surface area contributed by atoms with E-state index in [4.69, 9.17) is 0 Å². The Labute approximate surface area is 93.8 Å². The second-order valence-corrected chi connectivity index (χ2v) is 3.74. The maximum atomic E-state index is 9.37. The maximum absolute atomic E-state index is 9.37. The molecule has 1 N–H and O–H groups in total. The molecule has 0 spiro atoms. The lowest BCUT2D eigenvalue weighted by Gasteiger charge is -2.05. The summed E-state index contributed by atoms with van der Waals surface area (Å²) in [5.41, 5.74) is 0.790. The zero-order valence-electron chi connectivity index (χ0n) is 9.55. The summed E-state index contributed by atoms with van der Waals surface area (Å²) in [4.78, 5) is 8.45. The zero-order valence-corrected chi connectivity index (χ0v) is 9.55. The van der Waals surface area contributed by atoms with Crippen molar-refractivity contribution < 1.29 is 5.11 Å². The highest BCUT2D eigenvalue weighted by Crippen LogP contribution is 2.13. The van der Waals surface area contributed by atoms with Crippen LogP contribution in [0.5, 0.6) is 0 Å². The van der Waals surface area contributed by atoms with Gasteiger partial charge in [-0.15, -0.1) is 5.10 Å². The Morgan fingerprint density at radius 3 is 2.50 bits per heavy atom. The lowest BCUT2D eigenvalue weighted by molar-refractivity contribution is 0.199. The monoisotopic (exact) mass is 218 g/mol. The van der Waals surface area contributed by atoms with Gasteiger partial charge in [0.2, 0.25) is 0 Å². The predicted molar refractivity (Wildman–Crippen MR) is 59.3 cm³/mol. The molecule has 0 aromatic carbocycles. The third-order valence-electron chi connectivity index (χ3n) is 2.35. The summed E-state index contributed by atoms with van der Waals surface area (Å²) in [6, 6.07) is 3.66. The van der Waals surface area contributed by atoms with Crippen LogP contribution >= 0.6 is 0 Å². The van der Waals surface area contributed by atoms with Crippen molar-refractivity contribution in [3.8, 4) is 5.82 Å². The normalized spacial score (nSPS) is 12.8. The molecule has 0 bridgehead atoms. The molecule has 84 valence electrons. The maximum Gasteiger partial charge on any atom is 0.155 e. The van der Waals surface area contributed by atoms with Crippen LogP contribution in [-0.4, -0.2) is 24.9 Å². The van der Waals surface area contributed by atoms with Crippen molar-refractivity contribution in [3.63, 3.8) is 0 Å². The minimum absolute atomic E-state index is 0.500. The number of pyridine rings is 1. The van der Waals surface area contributed by atoms with E-state index in [1.54, 1.807) is 17.8 Å². The Balaban J connectivity index is 2.38. The molecule has 16 heavy (non-hydrogen) atoms. The highest BCUT2D eigenvalue weighted by atomic mass is 16.3. The second kappa shape index (κ2) is 4.02. The molecule has 2 heterocycles. The summed E-state index contributed by atoms with van der Waals surface area (Å²) >= 11 is 0. The van der Waals surface area contributed by atoms with Crippen LogP contribution in [0.2, 0.25) is 0 Å². The third-order valence-corrected chi connectivity index (χ3v) is 2.35. The molecule has 2 rings (SSSR count). The van der Waals surface area contributed by atoms with Crippen LogP contribution in [0.4, 0.5) is 0 Å². The number of hydrogen-bond acceptors (Lipinski definition) is 4. The zero-order chi connectivity index (χ0) is 11.7. The fourth-order valence-electron chi connectivity index (χ4n) is 1.51. The minimum atomic E-state index is -0.500. The van der Waals surface area contributed by atoms with E-state index in [2.05, 4.69) is 15.1 Å². The first-order valence-corrected chi connectivity index (χ1v) is 5.12. The fourth-order valence-corrected chi connectivity index (χ4v) is 1.51. The van der Waals surface area contributed by atoms with Gasteiger partial charge in [0.25, 0.3) is 0 Å². The van der Waals surface area contributed by atoms with Gasteiger partial charge in [-0.2, -0.15) is 4.68 Å². The van der Waals surface area contributed by atoms with Crippen molar-refractivity contribution in [3.05, 3.63) is 35.5 Å². The van der Waals surface area contributed by atoms with E-state index >= 15 is 0 Å². The van der Waals surface area contributed by atoms with Gasteiger partial charge in [-0.3, -0.25) is 0 Å². The van der Waals surface area contributed by atoms with Gasteiger partial charge in [-0.1, -0.05) is 6.07 Å². The molecule has 0 fully saturated rings. The van der Waals surface area contributed by atoms with E-state index in [0.29, 0.717) is 5.82 Å². The number of nitrogens with zero attached hydrogens (tertiary/aromatic N) is 4. The number of aliphatic hydroxyl groups is 1. The number of aryl methyl sites for hydroxylation is 2. The van der Waals surface area contributed by atoms with Crippen LogP contribution in [0.25, 0.3) is 5.82 Å². The number of aromatic nitrogens is 4. The van der Waals surface area contributed by atoms with E-state index < -0.39 is 6.10 Å².